The molecular formula is C12H12BrNO2. The standard InChI is InChI=1S/C12H12BrNO2/c1-8-12(13)9-5-3-4-6-10(9)14(8)7-11(15)16-2/h3-6H,7H2,1-2H3. The molecule has 0 radical (unpaired) electrons. The zero-order valence-electron chi connectivity index (χ0n) is 9.16. The number of hydrogen-bond donors (Lipinski definition) is 0. The van der Waals surface area contributed by atoms with E-state index in [0.29, 0.717) is 0 Å². The number of halogens is 1. The zero-order valence-corrected chi connectivity index (χ0v) is 10.7. The van der Waals surface area contributed by atoms with Gasteiger partial charge in [-0.15, -0.1) is 0 Å². The number of methoxy groups -OCH3 is 1. The number of fused-ring (bicyclic) bond motifs is 1. The van der Waals surface area contributed by atoms with E-state index >= 15 is 0 Å². The van der Waals surface area contributed by atoms with Crippen molar-refractivity contribution in [3.8, 4) is 0 Å². The van der Waals surface area contributed by atoms with Gasteiger partial charge < -0.3 is 9.30 Å². The molecule has 16 heavy (non-hydrogen) atoms. The van der Waals surface area contributed by atoms with E-state index in [1.54, 1.807) is 0 Å². The lowest BCUT2D eigenvalue weighted by molar-refractivity contribution is -0.141. The second-order valence-corrected chi connectivity index (χ2v) is 4.37. The largest absolute Gasteiger partial charge is 0.468 e. The molecule has 1 heterocycles. The Morgan fingerprint density at radius 3 is 2.81 bits per heavy atom. The summed E-state index contributed by atoms with van der Waals surface area (Å²) in [5.41, 5.74) is 2.07. The Labute approximate surface area is 102 Å². The maximum atomic E-state index is 11.3. The van der Waals surface area contributed by atoms with Crippen LogP contribution in [-0.4, -0.2) is 17.6 Å². The second kappa shape index (κ2) is 4.29. The van der Waals surface area contributed by atoms with E-state index in [0.717, 1.165) is 21.1 Å². The fourth-order valence-electron chi connectivity index (χ4n) is 1.79. The van der Waals surface area contributed by atoms with Crippen molar-refractivity contribution in [1.82, 2.24) is 4.57 Å². The third-order valence-electron chi connectivity index (χ3n) is 2.67. The molecule has 0 bridgehead atoms. The molecule has 1 aromatic heterocycles. The predicted molar refractivity (Wildman–Crippen MR) is 66.4 cm³/mol. The summed E-state index contributed by atoms with van der Waals surface area (Å²) in [5, 5.41) is 1.11. The van der Waals surface area contributed by atoms with Crippen LogP contribution in [0.2, 0.25) is 0 Å². The molecule has 0 fully saturated rings. The smallest absolute Gasteiger partial charge is 0.325 e. The van der Waals surface area contributed by atoms with Crippen LogP contribution in [0.25, 0.3) is 10.9 Å². The summed E-state index contributed by atoms with van der Waals surface area (Å²) in [7, 11) is 1.40. The van der Waals surface area contributed by atoms with E-state index in [1.807, 2.05) is 35.8 Å². The Morgan fingerprint density at radius 1 is 1.44 bits per heavy atom. The molecule has 2 aromatic rings. The van der Waals surface area contributed by atoms with E-state index < -0.39 is 0 Å². The molecule has 0 saturated carbocycles. The Kier molecular flexibility index (Phi) is 3.01. The summed E-state index contributed by atoms with van der Waals surface area (Å²) in [5.74, 6) is -0.239. The maximum Gasteiger partial charge on any atom is 0.325 e. The number of rotatable bonds is 2. The summed E-state index contributed by atoms with van der Waals surface area (Å²) in [6.07, 6.45) is 0. The minimum atomic E-state index is -0.239. The van der Waals surface area contributed by atoms with Gasteiger partial charge in [0, 0.05) is 21.1 Å². The van der Waals surface area contributed by atoms with Gasteiger partial charge in [0.2, 0.25) is 0 Å². The van der Waals surface area contributed by atoms with E-state index in [1.165, 1.54) is 7.11 Å². The molecule has 84 valence electrons. The van der Waals surface area contributed by atoms with Crippen molar-refractivity contribution >= 4 is 32.8 Å². The quantitative estimate of drug-likeness (QED) is 0.793. The topological polar surface area (TPSA) is 31.2 Å². The van der Waals surface area contributed by atoms with Crippen molar-refractivity contribution in [1.29, 1.82) is 0 Å². The van der Waals surface area contributed by atoms with Crippen LogP contribution >= 0.6 is 15.9 Å². The number of aromatic nitrogens is 1. The third kappa shape index (κ3) is 1.73. The lowest BCUT2D eigenvalue weighted by atomic mass is 10.2. The molecule has 1 aromatic carbocycles. The number of ether oxygens (including phenoxy) is 1. The average Bonchev–Trinajstić information content (AvgIpc) is 2.55. The highest BCUT2D eigenvalue weighted by atomic mass is 79.9. The summed E-state index contributed by atoms with van der Waals surface area (Å²) in [6.45, 7) is 2.22. The van der Waals surface area contributed by atoms with Gasteiger partial charge in [-0.1, -0.05) is 18.2 Å². The van der Waals surface area contributed by atoms with Crippen LogP contribution in [0.15, 0.2) is 28.7 Å². The minimum absolute atomic E-state index is 0.239. The van der Waals surface area contributed by atoms with Gasteiger partial charge in [0.05, 0.1) is 7.11 Å². The summed E-state index contributed by atoms with van der Waals surface area (Å²) in [6, 6.07) is 7.97. The first-order valence-electron chi connectivity index (χ1n) is 4.95. The molecule has 0 aliphatic rings. The molecule has 0 spiro atoms. The highest BCUT2D eigenvalue weighted by Crippen LogP contribution is 2.30. The fraction of sp³-hybridized carbons (Fsp3) is 0.250. The van der Waals surface area contributed by atoms with Crippen LogP contribution in [-0.2, 0) is 16.1 Å². The average molecular weight is 282 g/mol. The van der Waals surface area contributed by atoms with Crippen molar-refractivity contribution in [2.24, 2.45) is 0 Å². The minimum Gasteiger partial charge on any atom is -0.468 e. The van der Waals surface area contributed by atoms with Crippen LogP contribution in [0.5, 0.6) is 0 Å². The molecule has 0 unspecified atom stereocenters. The molecular weight excluding hydrogens is 270 g/mol. The molecule has 4 heteroatoms. The summed E-state index contributed by atoms with van der Waals surface area (Å²) >= 11 is 3.54. The highest BCUT2D eigenvalue weighted by molar-refractivity contribution is 9.10. The predicted octanol–water partition coefficient (Wildman–Crippen LogP) is 2.89. The normalized spacial score (nSPS) is 10.7. The number of carbonyl (C=O) groups excluding carboxylic acids is 1. The van der Waals surface area contributed by atoms with E-state index in [9.17, 15) is 4.79 Å². The van der Waals surface area contributed by atoms with Crippen LogP contribution in [0.3, 0.4) is 0 Å². The van der Waals surface area contributed by atoms with Crippen LogP contribution in [0.1, 0.15) is 5.69 Å². The van der Waals surface area contributed by atoms with Gasteiger partial charge in [0.1, 0.15) is 6.54 Å². The fourth-order valence-corrected chi connectivity index (χ4v) is 2.34. The molecule has 0 atom stereocenters. The van der Waals surface area contributed by atoms with Crippen molar-refractivity contribution in [2.45, 2.75) is 13.5 Å². The van der Waals surface area contributed by atoms with Gasteiger partial charge in [-0.3, -0.25) is 4.79 Å². The Morgan fingerprint density at radius 2 is 2.12 bits per heavy atom. The molecule has 0 aliphatic carbocycles. The number of carbonyl (C=O) groups is 1. The lowest BCUT2D eigenvalue weighted by Crippen LogP contribution is -2.12. The second-order valence-electron chi connectivity index (χ2n) is 3.58. The first-order valence-corrected chi connectivity index (χ1v) is 5.74. The highest BCUT2D eigenvalue weighted by Gasteiger charge is 2.13. The van der Waals surface area contributed by atoms with Crippen molar-refractivity contribution in [2.75, 3.05) is 7.11 Å². The summed E-state index contributed by atoms with van der Waals surface area (Å²) in [4.78, 5) is 11.3. The van der Waals surface area contributed by atoms with E-state index in [4.69, 9.17) is 4.74 Å². The summed E-state index contributed by atoms with van der Waals surface area (Å²) < 4.78 is 7.68. The van der Waals surface area contributed by atoms with E-state index in [-0.39, 0.29) is 12.5 Å². The number of para-hydroxylation sites is 1. The Bertz CT molecular complexity index is 545. The molecule has 0 amide bonds. The number of nitrogens with zero attached hydrogens (tertiary/aromatic N) is 1. The maximum absolute atomic E-state index is 11.3. The van der Waals surface area contributed by atoms with Crippen molar-refractivity contribution in [3.05, 3.63) is 34.4 Å². The van der Waals surface area contributed by atoms with Gasteiger partial charge in [-0.2, -0.15) is 0 Å². The van der Waals surface area contributed by atoms with Crippen molar-refractivity contribution < 1.29 is 9.53 Å². The molecule has 0 aliphatic heterocycles. The number of hydrogen-bond acceptors (Lipinski definition) is 2. The number of benzene rings is 1. The Hall–Kier alpha value is -1.29. The van der Waals surface area contributed by atoms with Crippen LogP contribution in [0.4, 0.5) is 0 Å². The zero-order chi connectivity index (χ0) is 11.7. The van der Waals surface area contributed by atoms with Gasteiger partial charge in [-0.05, 0) is 28.9 Å². The molecule has 0 N–H and O–H groups in total. The lowest BCUT2D eigenvalue weighted by Gasteiger charge is -2.06. The monoisotopic (exact) mass is 281 g/mol. The molecule has 0 saturated heterocycles. The third-order valence-corrected chi connectivity index (χ3v) is 3.67. The molecule has 2 rings (SSSR count). The van der Waals surface area contributed by atoms with Crippen molar-refractivity contribution in [3.63, 3.8) is 0 Å². The van der Waals surface area contributed by atoms with Crippen LogP contribution in [0, 0.1) is 6.92 Å². The van der Waals surface area contributed by atoms with Gasteiger partial charge in [0.25, 0.3) is 0 Å². The van der Waals surface area contributed by atoms with Crippen LogP contribution < -0.4 is 0 Å². The first kappa shape index (κ1) is 11.2. The SMILES string of the molecule is COC(=O)Cn1c(C)c(Br)c2ccccc21. The number of esters is 1. The van der Waals surface area contributed by atoms with Gasteiger partial charge in [-0.25, -0.2) is 0 Å². The Balaban J connectivity index is 2.59. The van der Waals surface area contributed by atoms with Gasteiger partial charge >= 0.3 is 5.97 Å². The van der Waals surface area contributed by atoms with Gasteiger partial charge in [0.15, 0.2) is 0 Å². The first-order chi connectivity index (χ1) is 7.65. The molecule has 3 nitrogen and oxygen atoms in total. The van der Waals surface area contributed by atoms with E-state index in [2.05, 4.69) is 15.9 Å².